The third kappa shape index (κ3) is 3.00. The molecule has 0 bridgehead atoms. The average molecular weight is 344 g/mol. The van der Waals surface area contributed by atoms with E-state index < -0.39 is 4.92 Å². The Balaban J connectivity index is 1.75. The number of nitro benzene ring substituents is 1. The van der Waals surface area contributed by atoms with Gasteiger partial charge in [0.15, 0.2) is 0 Å². The Labute approximate surface area is 149 Å². The van der Waals surface area contributed by atoms with Crippen LogP contribution in [0.25, 0.3) is 10.9 Å². The van der Waals surface area contributed by atoms with E-state index in [-0.39, 0.29) is 11.7 Å². The van der Waals surface area contributed by atoms with E-state index in [1.807, 2.05) is 42.6 Å². The first-order valence-electron chi connectivity index (χ1n) is 8.20. The van der Waals surface area contributed by atoms with Crippen LogP contribution in [0.4, 0.5) is 11.4 Å². The highest BCUT2D eigenvalue weighted by Gasteiger charge is 2.19. The second-order valence-corrected chi connectivity index (χ2v) is 5.93. The largest absolute Gasteiger partial charge is 0.373 e. The Morgan fingerprint density at radius 1 is 1.00 bits per heavy atom. The monoisotopic (exact) mass is 344 g/mol. The number of anilines is 1. The van der Waals surface area contributed by atoms with Crippen molar-refractivity contribution < 1.29 is 4.92 Å². The molecule has 2 N–H and O–H groups in total. The van der Waals surface area contributed by atoms with Gasteiger partial charge in [0, 0.05) is 46.7 Å². The SMILES string of the molecule is O=[N+]([O-])c1ccc(NC(c2ccccn2)c2c[nH]c3ccccc23)cc1. The average Bonchev–Trinajstić information content (AvgIpc) is 3.11. The summed E-state index contributed by atoms with van der Waals surface area (Å²) >= 11 is 0. The Bertz CT molecular complexity index is 1040. The molecule has 0 aliphatic heterocycles. The first-order valence-corrected chi connectivity index (χ1v) is 8.20. The third-order valence-corrected chi connectivity index (χ3v) is 4.30. The van der Waals surface area contributed by atoms with Crippen LogP contribution < -0.4 is 5.32 Å². The molecule has 6 heteroatoms. The van der Waals surface area contributed by atoms with E-state index in [4.69, 9.17) is 0 Å². The second-order valence-electron chi connectivity index (χ2n) is 5.93. The van der Waals surface area contributed by atoms with Gasteiger partial charge in [-0.3, -0.25) is 15.1 Å². The van der Waals surface area contributed by atoms with Crippen LogP contribution in [0.2, 0.25) is 0 Å². The Morgan fingerprint density at radius 3 is 2.50 bits per heavy atom. The number of hydrogen-bond acceptors (Lipinski definition) is 4. The molecule has 0 radical (unpaired) electrons. The van der Waals surface area contributed by atoms with Crippen LogP contribution >= 0.6 is 0 Å². The van der Waals surface area contributed by atoms with Gasteiger partial charge < -0.3 is 10.3 Å². The van der Waals surface area contributed by atoms with Gasteiger partial charge in [-0.05, 0) is 30.3 Å². The molecule has 0 saturated carbocycles. The molecule has 0 aliphatic carbocycles. The lowest BCUT2D eigenvalue weighted by Gasteiger charge is -2.19. The smallest absolute Gasteiger partial charge is 0.269 e. The van der Waals surface area contributed by atoms with Crippen molar-refractivity contribution in [1.29, 1.82) is 0 Å². The Morgan fingerprint density at radius 2 is 1.77 bits per heavy atom. The molecule has 2 aromatic heterocycles. The topological polar surface area (TPSA) is 83.8 Å². The number of hydrogen-bond donors (Lipinski definition) is 2. The van der Waals surface area contributed by atoms with E-state index in [9.17, 15) is 10.1 Å². The molecular formula is C20H16N4O2. The van der Waals surface area contributed by atoms with Gasteiger partial charge in [0.2, 0.25) is 0 Å². The van der Waals surface area contributed by atoms with Crippen molar-refractivity contribution in [2.75, 3.05) is 5.32 Å². The molecule has 128 valence electrons. The molecule has 4 rings (SSSR count). The Hall–Kier alpha value is -3.67. The van der Waals surface area contributed by atoms with Crippen LogP contribution in [0.3, 0.4) is 0 Å². The van der Waals surface area contributed by atoms with Crippen molar-refractivity contribution in [3.63, 3.8) is 0 Å². The maximum absolute atomic E-state index is 10.9. The highest BCUT2D eigenvalue weighted by atomic mass is 16.6. The first kappa shape index (κ1) is 15.8. The lowest BCUT2D eigenvalue weighted by Crippen LogP contribution is -2.13. The van der Waals surface area contributed by atoms with E-state index in [0.717, 1.165) is 27.8 Å². The summed E-state index contributed by atoms with van der Waals surface area (Å²) in [6.07, 6.45) is 3.73. The van der Waals surface area contributed by atoms with Crippen molar-refractivity contribution in [2.45, 2.75) is 6.04 Å². The summed E-state index contributed by atoms with van der Waals surface area (Å²) in [5, 5.41) is 15.4. The van der Waals surface area contributed by atoms with E-state index in [1.54, 1.807) is 18.3 Å². The number of para-hydroxylation sites is 1. The molecule has 0 amide bonds. The van der Waals surface area contributed by atoms with Gasteiger partial charge in [-0.2, -0.15) is 0 Å². The summed E-state index contributed by atoms with van der Waals surface area (Å²) in [7, 11) is 0. The second kappa shape index (κ2) is 6.68. The molecule has 0 fully saturated rings. The molecule has 4 aromatic rings. The van der Waals surface area contributed by atoms with Gasteiger partial charge in [0.1, 0.15) is 0 Å². The molecule has 1 unspecified atom stereocenters. The number of pyridine rings is 1. The first-order chi connectivity index (χ1) is 12.7. The van der Waals surface area contributed by atoms with Gasteiger partial charge in [-0.25, -0.2) is 0 Å². The van der Waals surface area contributed by atoms with Crippen molar-refractivity contribution in [3.05, 3.63) is 100 Å². The summed E-state index contributed by atoms with van der Waals surface area (Å²) in [6, 6.07) is 20.1. The van der Waals surface area contributed by atoms with Crippen LogP contribution in [0, 0.1) is 10.1 Å². The summed E-state index contributed by atoms with van der Waals surface area (Å²) in [6.45, 7) is 0. The minimum atomic E-state index is -0.403. The molecule has 6 nitrogen and oxygen atoms in total. The lowest BCUT2D eigenvalue weighted by molar-refractivity contribution is -0.384. The van der Waals surface area contributed by atoms with Crippen LogP contribution in [0.1, 0.15) is 17.3 Å². The van der Waals surface area contributed by atoms with Crippen LogP contribution in [0.5, 0.6) is 0 Å². The van der Waals surface area contributed by atoms with Gasteiger partial charge in [-0.1, -0.05) is 24.3 Å². The molecule has 26 heavy (non-hydrogen) atoms. The number of nitrogens with one attached hydrogen (secondary N) is 2. The molecule has 2 aromatic carbocycles. The van der Waals surface area contributed by atoms with Gasteiger partial charge in [0.05, 0.1) is 16.7 Å². The number of nitro groups is 1. The highest BCUT2D eigenvalue weighted by Crippen LogP contribution is 2.31. The molecule has 0 spiro atoms. The molecule has 0 saturated heterocycles. The van der Waals surface area contributed by atoms with Crippen molar-refractivity contribution in [1.82, 2.24) is 9.97 Å². The number of nitrogens with zero attached hydrogens (tertiary/aromatic N) is 2. The van der Waals surface area contributed by atoms with Crippen LogP contribution in [0.15, 0.2) is 79.1 Å². The molecular weight excluding hydrogens is 328 g/mol. The fourth-order valence-electron chi connectivity index (χ4n) is 3.04. The Kier molecular flexibility index (Phi) is 4.07. The number of H-pyrrole nitrogens is 1. The van der Waals surface area contributed by atoms with E-state index in [2.05, 4.69) is 21.4 Å². The van der Waals surface area contributed by atoms with Gasteiger partial charge in [0.25, 0.3) is 5.69 Å². The predicted octanol–water partition coefficient (Wildman–Crippen LogP) is 4.67. The maximum Gasteiger partial charge on any atom is 0.269 e. The summed E-state index contributed by atoms with van der Waals surface area (Å²) in [4.78, 5) is 18.2. The number of aromatic amines is 1. The van der Waals surface area contributed by atoms with Crippen molar-refractivity contribution in [3.8, 4) is 0 Å². The third-order valence-electron chi connectivity index (χ3n) is 4.30. The van der Waals surface area contributed by atoms with Crippen molar-refractivity contribution in [2.24, 2.45) is 0 Å². The minimum Gasteiger partial charge on any atom is -0.373 e. The zero-order valence-corrected chi connectivity index (χ0v) is 13.8. The number of aromatic nitrogens is 2. The minimum absolute atomic E-state index is 0.0667. The van der Waals surface area contributed by atoms with Crippen molar-refractivity contribution >= 4 is 22.3 Å². The van der Waals surface area contributed by atoms with Crippen LogP contribution in [-0.4, -0.2) is 14.9 Å². The van der Waals surface area contributed by atoms with E-state index in [1.165, 1.54) is 12.1 Å². The number of rotatable bonds is 5. The number of fused-ring (bicyclic) bond motifs is 1. The van der Waals surface area contributed by atoms with E-state index in [0.29, 0.717) is 0 Å². The summed E-state index contributed by atoms with van der Waals surface area (Å²) < 4.78 is 0. The molecule has 1 atom stereocenters. The normalized spacial score (nSPS) is 12.0. The zero-order valence-electron chi connectivity index (χ0n) is 13.8. The standard InChI is InChI=1S/C20H16N4O2/c25-24(26)15-10-8-14(9-11-15)23-20(19-7-3-4-12-21-19)17-13-22-18-6-2-1-5-16(17)18/h1-13,20,22-23H. The highest BCUT2D eigenvalue weighted by molar-refractivity contribution is 5.84. The van der Waals surface area contributed by atoms with Crippen LogP contribution in [-0.2, 0) is 0 Å². The van der Waals surface area contributed by atoms with Gasteiger partial charge >= 0.3 is 0 Å². The molecule has 2 heterocycles. The number of non-ortho nitro benzene ring substituents is 1. The molecule has 0 aliphatic rings. The van der Waals surface area contributed by atoms with Gasteiger partial charge in [-0.15, -0.1) is 0 Å². The summed E-state index contributed by atoms with van der Waals surface area (Å²) in [5.41, 5.74) is 3.84. The number of benzene rings is 2. The summed E-state index contributed by atoms with van der Waals surface area (Å²) in [5.74, 6) is 0. The zero-order chi connectivity index (χ0) is 17.9. The fraction of sp³-hybridized carbons (Fsp3) is 0.0500. The van der Waals surface area contributed by atoms with E-state index >= 15 is 0 Å². The quantitative estimate of drug-likeness (QED) is 0.407. The predicted molar refractivity (Wildman–Crippen MR) is 101 cm³/mol. The lowest BCUT2D eigenvalue weighted by atomic mass is 10.0. The fourth-order valence-corrected chi connectivity index (χ4v) is 3.04. The maximum atomic E-state index is 10.9.